The Morgan fingerprint density at radius 1 is 1.21 bits per heavy atom. The lowest BCUT2D eigenvalue weighted by atomic mass is 10.2. The first-order chi connectivity index (χ1) is 11.4. The first-order valence-electron chi connectivity index (χ1n) is 7.96. The van der Waals surface area contributed by atoms with Crippen molar-refractivity contribution in [1.82, 2.24) is 5.32 Å². The molecule has 0 bridgehead atoms. The molecule has 0 saturated heterocycles. The molecule has 0 spiro atoms. The molecule has 0 fully saturated rings. The summed E-state index contributed by atoms with van der Waals surface area (Å²) in [5.74, 6) is -0.396. The number of unbranched alkanes of at least 4 members (excludes halogenated alkanes) is 1. The van der Waals surface area contributed by atoms with Crippen molar-refractivity contribution in [2.24, 2.45) is 0 Å². The van der Waals surface area contributed by atoms with Gasteiger partial charge in [-0.3, -0.25) is 14.4 Å². The van der Waals surface area contributed by atoms with Crippen LogP contribution in [0.2, 0.25) is 0 Å². The molecule has 0 aliphatic rings. The average molecular weight is 352 g/mol. The van der Waals surface area contributed by atoms with Crippen molar-refractivity contribution in [1.29, 1.82) is 0 Å². The number of nitrogens with one attached hydrogen (secondary N) is 2. The minimum absolute atomic E-state index is 0.0604. The summed E-state index contributed by atoms with van der Waals surface area (Å²) < 4.78 is 0. The van der Waals surface area contributed by atoms with Crippen molar-refractivity contribution in [3.8, 4) is 0 Å². The first-order valence-corrected chi connectivity index (χ1v) is 9.01. The van der Waals surface area contributed by atoms with Gasteiger partial charge in [-0.2, -0.15) is 0 Å². The average Bonchev–Trinajstić information content (AvgIpc) is 2.55. The maximum absolute atomic E-state index is 12.1. The summed E-state index contributed by atoms with van der Waals surface area (Å²) in [4.78, 5) is 34.3. The summed E-state index contributed by atoms with van der Waals surface area (Å²) in [5, 5.41) is 13.8. The molecule has 0 heterocycles. The van der Waals surface area contributed by atoms with Crippen LogP contribution < -0.4 is 10.6 Å². The second-order valence-corrected chi connectivity index (χ2v) is 6.78. The predicted octanol–water partition coefficient (Wildman–Crippen LogP) is 2.75. The maximum atomic E-state index is 12.1. The summed E-state index contributed by atoms with van der Waals surface area (Å²) in [7, 11) is 0. The van der Waals surface area contributed by atoms with E-state index in [2.05, 4.69) is 17.6 Å². The molecule has 0 aliphatic heterocycles. The SMILES string of the molecule is CCCCSC(C)C(=O)Nc1ccc(C(=O)NCCC(=O)O)cc1. The highest BCUT2D eigenvalue weighted by atomic mass is 32.2. The number of carboxylic acid groups (broad SMARTS) is 1. The van der Waals surface area contributed by atoms with E-state index >= 15 is 0 Å². The monoisotopic (exact) mass is 352 g/mol. The number of anilines is 1. The van der Waals surface area contributed by atoms with Crippen molar-refractivity contribution in [2.75, 3.05) is 17.6 Å². The van der Waals surface area contributed by atoms with Crippen molar-refractivity contribution >= 4 is 35.2 Å². The van der Waals surface area contributed by atoms with E-state index < -0.39 is 5.97 Å². The van der Waals surface area contributed by atoms with Gasteiger partial charge in [-0.05, 0) is 43.4 Å². The van der Waals surface area contributed by atoms with Crippen molar-refractivity contribution in [3.05, 3.63) is 29.8 Å². The van der Waals surface area contributed by atoms with Gasteiger partial charge in [0.25, 0.3) is 5.91 Å². The number of carbonyl (C=O) groups is 3. The molecule has 6 nitrogen and oxygen atoms in total. The number of benzene rings is 1. The highest BCUT2D eigenvalue weighted by Gasteiger charge is 2.13. The van der Waals surface area contributed by atoms with Gasteiger partial charge in [0.15, 0.2) is 0 Å². The molecule has 2 amide bonds. The van der Waals surface area contributed by atoms with Crippen LogP contribution in [-0.4, -0.2) is 40.4 Å². The van der Waals surface area contributed by atoms with E-state index in [1.165, 1.54) is 0 Å². The molecule has 7 heteroatoms. The Hall–Kier alpha value is -2.02. The van der Waals surface area contributed by atoms with Crippen LogP contribution in [-0.2, 0) is 9.59 Å². The zero-order valence-corrected chi connectivity index (χ0v) is 14.8. The molecule has 0 saturated carbocycles. The van der Waals surface area contributed by atoms with Crippen LogP contribution in [0, 0.1) is 0 Å². The van der Waals surface area contributed by atoms with E-state index in [1.54, 1.807) is 36.0 Å². The number of hydrogen-bond donors (Lipinski definition) is 3. The van der Waals surface area contributed by atoms with Gasteiger partial charge in [0.05, 0.1) is 11.7 Å². The molecule has 3 N–H and O–H groups in total. The number of rotatable bonds is 10. The standard InChI is InChI=1S/C17H24N2O4S/c1-3-4-11-24-12(2)16(22)19-14-7-5-13(6-8-14)17(23)18-10-9-15(20)21/h5-8,12H,3-4,9-11H2,1-2H3,(H,18,23)(H,19,22)(H,20,21). The van der Waals surface area contributed by atoms with Gasteiger partial charge >= 0.3 is 5.97 Å². The van der Waals surface area contributed by atoms with Gasteiger partial charge in [0, 0.05) is 17.8 Å². The molecule has 0 radical (unpaired) electrons. The van der Waals surface area contributed by atoms with Crippen LogP contribution in [0.15, 0.2) is 24.3 Å². The molecule has 1 aromatic carbocycles. The smallest absolute Gasteiger partial charge is 0.305 e. The van der Waals surface area contributed by atoms with E-state index in [1.807, 2.05) is 6.92 Å². The lowest BCUT2D eigenvalue weighted by molar-refractivity contribution is -0.136. The third-order valence-electron chi connectivity index (χ3n) is 3.27. The second-order valence-electron chi connectivity index (χ2n) is 5.33. The van der Waals surface area contributed by atoms with Crippen LogP contribution in [0.1, 0.15) is 43.5 Å². The van der Waals surface area contributed by atoms with Crippen LogP contribution in [0.25, 0.3) is 0 Å². The van der Waals surface area contributed by atoms with Gasteiger partial charge in [-0.1, -0.05) is 13.3 Å². The Labute approximate surface area is 146 Å². The summed E-state index contributed by atoms with van der Waals surface area (Å²) in [6.45, 7) is 4.07. The normalized spacial score (nSPS) is 11.6. The Kier molecular flexibility index (Phi) is 8.93. The van der Waals surface area contributed by atoms with Crippen molar-refractivity contribution in [3.63, 3.8) is 0 Å². The summed E-state index contributed by atoms with van der Waals surface area (Å²) >= 11 is 1.62. The van der Waals surface area contributed by atoms with E-state index in [0.29, 0.717) is 11.3 Å². The van der Waals surface area contributed by atoms with Crippen LogP contribution in [0.5, 0.6) is 0 Å². The Bertz CT molecular complexity index is 560. The molecule has 0 aliphatic carbocycles. The third-order valence-corrected chi connectivity index (χ3v) is 4.51. The fourth-order valence-electron chi connectivity index (χ4n) is 1.81. The van der Waals surface area contributed by atoms with Crippen molar-refractivity contribution < 1.29 is 19.5 Å². The third kappa shape index (κ3) is 7.50. The van der Waals surface area contributed by atoms with Crippen LogP contribution in [0.4, 0.5) is 5.69 Å². The first kappa shape index (κ1) is 20.0. The van der Waals surface area contributed by atoms with Gasteiger partial charge in [0.1, 0.15) is 0 Å². The van der Waals surface area contributed by atoms with Gasteiger partial charge < -0.3 is 15.7 Å². The number of aliphatic carboxylic acids is 1. The number of amides is 2. The number of hydrogen-bond acceptors (Lipinski definition) is 4. The second kappa shape index (κ2) is 10.7. The molecule has 1 unspecified atom stereocenters. The molecular formula is C17H24N2O4S. The largest absolute Gasteiger partial charge is 0.481 e. The predicted molar refractivity (Wildman–Crippen MR) is 96.5 cm³/mol. The fourth-order valence-corrected chi connectivity index (χ4v) is 2.83. The minimum Gasteiger partial charge on any atom is -0.481 e. The highest BCUT2D eigenvalue weighted by molar-refractivity contribution is 8.00. The number of carboxylic acids is 1. The molecular weight excluding hydrogens is 328 g/mol. The zero-order valence-electron chi connectivity index (χ0n) is 14.0. The van der Waals surface area contributed by atoms with E-state index in [0.717, 1.165) is 18.6 Å². The molecule has 1 rings (SSSR count). The van der Waals surface area contributed by atoms with Gasteiger partial charge in [-0.15, -0.1) is 11.8 Å². The molecule has 0 aromatic heterocycles. The number of thioether (sulfide) groups is 1. The van der Waals surface area contributed by atoms with E-state index in [4.69, 9.17) is 5.11 Å². The highest BCUT2D eigenvalue weighted by Crippen LogP contribution is 2.16. The Balaban J connectivity index is 2.47. The fraction of sp³-hybridized carbons (Fsp3) is 0.471. The minimum atomic E-state index is -0.959. The summed E-state index contributed by atoms with van der Waals surface area (Å²) in [6.07, 6.45) is 2.08. The number of carbonyl (C=O) groups excluding carboxylic acids is 2. The quantitative estimate of drug-likeness (QED) is 0.563. The summed E-state index contributed by atoms with van der Waals surface area (Å²) in [6, 6.07) is 6.52. The van der Waals surface area contributed by atoms with E-state index in [9.17, 15) is 14.4 Å². The molecule has 1 aromatic rings. The summed E-state index contributed by atoms with van der Waals surface area (Å²) in [5.41, 5.74) is 1.05. The zero-order chi connectivity index (χ0) is 17.9. The van der Waals surface area contributed by atoms with Gasteiger partial charge in [-0.25, -0.2) is 0 Å². The lowest BCUT2D eigenvalue weighted by Crippen LogP contribution is -2.26. The van der Waals surface area contributed by atoms with E-state index in [-0.39, 0.29) is 30.0 Å². The Morgan fingerprint density at radius 2 is 1.88 bits per heavy atom. The topological polar surface area (TPSA) is 95.5 Å². The molecule has 1 atom stereocenters. The lowest BCUT2D eigenvalue weighted by Gasteiger charge is -2.12. The van der Waals surface area contributed by atoms with Crippen LogP contribution in [0.3, 0.4) is 0 Å². The van der Waals surface area contributed by atoms with Gasteiger partial charge in [0.2, 0.25) is 5.91 Å². The van der Waals surface area contributed by atoms with Crippen molar-refractivity contribution in [2.45, 2.75) is 38.4 Å². The molecule has 132 valence electrons. The van der Waals surface area contributed by atoms with Crippen LogP contribution >= 0.6 is 11.8 Å². The maximum Gasteiger partial charge on any atom is 0.305 e. The molecule has 24 heavy (non-hydrogen) atoms. The Morgan fingerprint density at radius 3 is 2.46 bits per heavy atom.